The molecule has 1 aliphatic heterocycles. The molecule has 1 aromatic carbocycles. The summed E-state index contributed by atoms with van der Waals surface area (Å²) in [6, 6.07) is 11.1. The number of pyridine rings is 1. The van der Waals surface area contributed by atoms with Gasteiger partial charge in [-0.1, -0.05) is 12.1 Å². The maximum atomic E-state index is 9.83. The van der Waals surface area contributed by atoms with Crippen LogP contribution in [0.25, 0.3) is 5.65 Å². The molecule has 9 heteroatoms. The van der Waals surface area contributed by atoms with E-state index in [4.69, 9.17) is 4.98 Å². The molecule has 0 radical (unpaired) electrons. The van der Waals surface area contributed by atoms with E-state index in [1.54, 1.807) is 24.5 Å². The number of nitrogens with zero attached hydrogens (tertiary/aromatic N) is 5. The number of likely N-dealkylation sites (tertiary alicyclic amines) is 1. The third-order valence-corrected chi connectivity index (χ3v) is 6.57. The lowest BCUT2D eigenvalue weighted by atomic mass is 9.94. The van der Waals surface area contributed by atoms with Crippen molar-refractivity contribution in [1.82, 2.24) is 24.5 Å². The van der Waals surface area contributed by atoms with Gasteiger partial charge in [0.05, 0.1) is 16.4 Å². The van der Waals surface area contributed by atoms with E-state index in [2.05, 4.69) is 42.3 Å². The van der Waals surface area contributed by atoms with Gasteiger partial charge in [0.2, 0.25) is 0 Å². The van der Waals surface area contributed by atoms with Crippen LogP contribution in [0.4, 0.5) is 5.82 Å². The summed E-state index contributed by atoms with van der Waals surface area (Å²) >= 11 is 3.59. The predicted molar refractivity (Wildman–Crippen MR) is 129 cm³/mol. The monoisotopic (exact) mass is 508 g/mol. The molecule has 0 saturated carbocycles. The Balaban J connectivity index is 1.37. The fourth-order valence-electron chi connectivity index (χ4n) is 4.35. The highest BCUT2D eigenvalue weighted by molar-refractivity contribution is 9.10. The van der Waals surface area contributed by atoms with Crippen LogP contribution in [0.2, 0.25) is 0 Å². The van der Waals surface area contributed by atoms with Crippen molar-refractivity contribution in [3.63, 3.8) is 0 Å². The summed E-state index contributed by atoms with van der Waals surface area (Å²) in [5.74, 6) is 1.01. The van der Waals surface area contributed by atoms with Crippen LogP contribution < -0.4 is 5.32 Å². The molecular formula is C24H25BrN6O2. The van der Waals surface area contributed by atoms with Crippen LogP contribution >= 0.6 is 15.9 Å². The molecule has 3 aromatic heterocycles. The average Bonchev–Trinajstić information content (AvgIpc) is 3.21. The maximum Gasteiger partial charge on any atom is 0.171 e. The SMILES string of the molecule is Oc1ccc(CN2CCCC(c3cc(NCc4cccnc4)n4ncc(Br)c4n3)C2)cc1O. The minimum atomic E-state index is -0.0922. The van der Waals surface area contributed by atoms with Gasteiger partial charge >= 0.3 is 0 Å². The van der Waals surface area contributed by atoms with E-state index < -0.39 is 0 Å². The summed E-state index contributed by atoms with van der Waals surface area (Å²) < 4.78 is 2.69. The van der Waals surface area contributed by atoms with Crippen molar-refractivity contribution in [2.24, 2.45) is 0 Å². The zero-order valence-corrected chi connectivity index (χ0v) is 19.6. The van der Waals surface area contributed by atoms with Crippen LogP contribution in [0.15, 0.2) is 59.5 Å². The minimum Gasteiger partial charge on any atom is -0.504 e. The van der Waals surface area contributed by atoms with E-state index in [0.29, 0.717) is 6.54 Å². The summed E-state index contributed by atoms with van der Waals surface area (Å²) in [5.41, 5.74) is 3.90. The van der Waals surface area contributed by atoms with Gasteiger partial charge in [0.1, 0.15) is 5.82 Å². The van der Waals surface area contributed by atoms with Gasteiger partial charge < -0.3 is 15.5 Å². The standard InChI is InChI=1S/C24H25BrN6O2/c25-19-13-28-31-23(27-12-17-3-1-7-26-11-17)10-20(29-24(19)31)18-4-2-8-30(15-18)14-16-5-6-21(32)22(33)9-16/h1,3,5-7,9-11,13,18,27,32-33H,2,4,8,12,14-15H2. The fourth-order valence-corrected chi connectivity index (χ4v) is 4.70. The number of piperidine rings is 1. The lowest BCUT2D eigenvalue weighted by Gasteiger charge is -2.32. The molecule has 3 N–H and O–H groups in total. The second kappa shape index (κ2) is 9.36. The first kappa shape index (κ1) is 21.7. The molecular weight excluding hydrogens is 484 g/mol. The molecule has 5 rings (SSSR count). The fraction of sp³-hybridized carbons (Fsp3) is 0.292. The van der Waals surface area contributed by atoms with E-state index in [1.807, 2.05) is 28.9 Å². The van der Waals surface area contributed by atoms with Crippen LogP contribution in [0.1, 0.15) is 35.6 Å². The van der Waals surface area contributed by atoms with E-state index in [1.165, 1.54) is 0 Å². The quantitative estimate of drug-likeness (QED) is 0.334. The number of aromatic nitrogens is 4. The zero-order valence-electron chi connectivity index (χ0n) is 18.0. The summed E-state index contributed by atoms with van der Waals surface area (Å²) in [6.45, 7) is 3.22. The first-order valence-electron chi connectivity index (χ1n) is 11.0. The Bertz CT molecular complexity index is 1260. The number of phenolic OH excluding ortho intramolecular Hbond substituents is 2. The van der Waals surface area contributed by atoms with Crippen molar-refractivity contribution < 1.29 is 10.2 Å². The number of aromatic hydroxyl groups is 2. The van der Waals surface area contributed by atoms with Crippen molar-refractivity contribution in [2.75, 3.05) is 18.4 Å². The Labute approximate surface area is 200 Å². The Morgan fingerprint density at radius 3 is 2.82 bits per heavy atom. The molecule has 1 atom stereocenters. The third-order valence-electron chi connectivity index (χ3n) is 6.01. The van der Waals surface area contributed by atoms with Gasteiger partial charge in [0.15, 0.2) is 17.1 Å². The van der Waals surface area contributed by atoms with Gasteiger partial charge in [0.25, 0.3) is 0 Å². The number of halogens is 1. The molecule has 170 valence electrons. The summed E-state index contributed by atoms with van der Waals surface area (Å²) in [7, 11) is 0. The molecule has 1 saturated heterocycles. The number of rotatable bonds is 6. The van der Waals surface area contributed by atoms with Crippen LogP contribution in [0, 0.1) is 0 Å². The number of fused-ring (bicyclic) bond motifs is 1. The van der Waals surface area contributed by atoms with Gasteiger partial charge in [0, 0.05) is 44.0 Å². The third kappa shape index (κ3) is 4.79. The highest BCUT2D eigenvalue weighted by Crippen LogP contribution is 2.31. The number of nitrogens with one attached hydrogen (secondary N) is 1. The van der Waals surface area contributed by atoms with Crippen molar-refractivity contribution in [2.45, 2.75) is 31.8 Å². The van der Waals surface area contributed by atoms with Gasteiger partial charge in [-0.2, -0.15) is 9.61 Å². The molecule has 8 nitrogen and oxygen atoms in total. The van der Waals surface area contributed by atoms with Gasteiger partial charge in [-0.05, 0) is 64.6 Å². The number of hydrogen-bond acceptors (Lipinski definition) is 7. The summed E-state index contributed by atoms with van der Waals surface area (Å²) in [5, 5.41) is 27.4. The van der Waals surface area contributed by atoms with Crippen LogP contribution in [0.5, 0.6) is 11.5 Å². The molecule has 0 amide bonds. The first-order chi connectivity index (χ1) is 16.1. The Morgan fingerprint density at radius 1 is 1.09 bits per heavy atom. The van der Waals surface area contributed by atoms with E-state index >= 15 is 0 Å². The molecule has 4 heterocycles. The van der Waals surface area contributed by atoms with Crippen LogP contribution in [0.3, 0.4) is 0 Å². The topological polar surface area (TPSA) is 98.8 Å². The van der Waals surface area contributed by atoms with Gasteiger partial charge in [-0.15, -0.1) is 0 Å². The molecule has 1 unspecified atom stereocenters. The lowest BCUT2D eigenvalue weighted by molar-refractivity contribution is 0.198. The number of hydrogen-bond donors (Lipinski definition) is 3. The highest BCUT2D eigenvalue weighted by Gasteiger charge is 2.24. The van der Waals surface area contributed by atoms with Gasteiger partial charge in [-0.25, -0.2) is 4.98 Å². The van der Waals surface area contributed by atoms with Crippen molar-refractivity contribution in [3.05, 3.63) is 76.3 Å². The van der Waals surface area contributed by atoms with E-state index in [0.717, 1.165) is 65.2 Å². The smallest absolute Gasteiger partial charge is 0.171 e. The number of anilines is 1. The molecule has 4 aromatic rings. The predicted octanol–water partition coefficient (Wildman–Crippen LogP) is 4.29. The highest BCUT2D eigenvalue weighted by atomic mass is 79.9. The second-order valence-electron chi connectivity index (χ2n) is 8.41. The molecule has 1 aliphatic rings. The molecule has 1 fully saturated rings. The van der Waals surface area contributed by atoms with Crippen molar-refractivity contribution >= 4 is 27.4 Å². The number of benzene rings is 1. The molecule has 0 aliphatic carbocycles. The molecule has 0 bridgehead atoms. The normalized spacial score (nSPS) is 16.8. The van der Waals surface area contributed by atoms with Crippen molar-refractivity contribution in [3.8, 4) is 11.5 Å². The Kier molecular flexibility index (Phi) is 6.15. The Hall–Kier alpha value is -3.17. The second-order valence-corrected chi connectivity index (χ2v) is 9.26. The van der Waals surface area contributed by atoms with Crippen molar-refractivity contribution in [1.29, 1.82) is 0 Å². The molecule has 0 spiro atoms. The average molecular weight is 509 g/mol. The largest absolute Gasteiger partial charge is 0.504 e. The van der Waals surface area contributed by atoms with Crippen LogP contribution in [-0.2, 0) is 13.1 Å². The van der Waals surface area contributed by atoms with E-state index in [-0.39, 0.29) is 17.4 Å². The first-order valence-corrected chi connectivity index (χ1v) is 11.8. The number of phenols is 2. The summed E-state index contributed by atoms with van der Waals surface area (Å²) in [6.07, 6.45) is 7.53. The Morgan fingerprint density at radius 2 is 2.00 bits per heavy atom. The van der Waals surface area contributed by atoms with Crippen LogP contribution in [-0.4, -0.2) is 47.8 Å². The molecule has 33 heavy (non-hydrogen) atoms. The van der Waals surface area contributed by atoms with E-state index in [9.17, 15) is 10.2 Å². The maximum absolute atomic E-state index is 9.83. The minimum absolute atomic E-state index is 0.0805. The zero-order chi connectivity index (χ0) is 22.8. The lowest BCUT2D eigenvalue weighted by Crippen LogP contribution is -2.34. The summed E-state index contributed by atoms with van der Waals surface area (Å²) in [4.78, 5) is 11.5. The van der Waals surface area contributed by atoms with Gasteiger partial charge in [-0.3, -0.25) is 9.88 Å².